The number of aryl methyl sites for hydroxylation is 1. The van der Waals surface area contributed by atoms with Gasteiger partial charge in [0.25, 0.3) is 0 Å². The molecule has 4 nitrogen and oxygen atoms in total. The number of allylic oxidation sites excluding steroid dienone is 2. The summed E-state index contributed by atoms with van der Waals surface area (Å²) in [5.74, 6) is -0.957. The molecule has 0 bridgehead atoms. The maximum absolute atomic E-state index is 11.6. The van der Waals surface area contributed by atoms with Crippen LogP contribution in [0.25, 0.3) is 11.3 Å². The van der Waals surface area contributed by atoms with Gasteiger partial charge < -0.3 is 5.11 Å². The Hall–Kier alpha value is -3.79. The molecule has 32 heavy (non-hydrogen) atoms. The summed E-state index contributed by atoms with van der Waals surface area (Å²) in [6.45, 7) is 6.44. The molecule has 1 N–H and O–H groups in total. The van der Waals surface area contributed by atoms with E-state index in [2.05, 4.69) is 68.4 Å². The van der Waals surface area contributed by atoms with E-state index in [9.17, 15) is 9.70 Å². The van der Waals surface area contributed by atoms with Crippen molar-refractivity contribution in [2.24, 2.45) is 5.18 Å². The maximum Gasteiger partial charge on any atom is 0.335 e. The number of nitroso groups, excluding NO2 is 1. The summed E-state index contributed by atoms with van der Waals surface area (Å²) in [6.07, 6.45) is 4.57. The molecule has 0 atom stereocenters. The monoisotopic (exact) mass is 423 g/mol. The van der Waals surface area contributed by atoms with Crippen LogP contribution in [-0.2, 0) is 11.8 Å². The number of rotatable bonds is 6. The van der Waals surface area contributed by atoms with Gasteiger partial charge in [0.1, 0.15) is 5.70 Å². The lowest BCUT2D eigenvalue weighted by Crippen LogP contribution is -2.11. The third kappa shape index (κ3) is 4.17. The zero-order valence-corrected chi connectivity index (χ0v) is 18.4. The Balaban J connectivity index is 1.64. The Kier molecular flexibility index (Phi) is 5.62. The lowest BCUT2D eigenvalue weighted by atomic mass is 9.86. The Morgan fingerprint density at radius 2 is 1.62 bits per heavy atom. The predicted molar refractivity (Wildman–Crippen MR) is 129 cm³/mol. The molecule has 0 saturated heterocycles. The smallest absolute Gasteiger partial charge is 0.335 e. The molecular weight excluding hydrogens is 398 g/mol. The molecule has 0 amide bonds. The van der Waals surface area contributed by atoms with E-state index >= 15 is 0 Å². The highest BCUT2D eigenvalue weighted by molar-refractivity contribution is 5.88. The quantitative estimate of drug-likeness (QED) is 0.445. The number of carbonyl (C=O) groups is 1. The third-order valence-electron chi connectivity index (χ3n) is 6.00. The van der Waals surface area contributed by atoms with Crippen molar-refractivity contribution < 1.29 is 9.90 Å². The van der Waals surface area contributed by atoms with Crippen molar-refractivity contribution >= 4 is 17.2 Å². The van der Waals surface area contributed by atoms with Crippen LogP contribution in [0.2, 0.25) is 0 Å². The lowest BCUT2D eigenvalue weighted by Gasteiger charge is -2.18. The molecule has 4 rings (SSSR count). The van der Waals surface area contributed by atoms with Crippen LogP contribution in [0.4, 0.5) is 0 Å². The van der Waals surface area contributed by atoms with Crippen molar-refractivity contribution in [1.82, 2.24) is 0 Å². The fraction of sp³-hybridized carbons (Fsp3) is 0.179. The SMILES string of the molecule is Cc1ccc(C2=CC(C)(C)c3cc(C(=CCc4ccc(C(=O)O)cc4)N=O)ccc32)cc1. The minimum Gasteiger partial charge on any atom is -0.478 e. The second-order valence-corrected chi connectivity index (χ2v) is 8.79. The number of hydrogen-bond donors (Lipinski definition) is 1. The highest BCUT2D eigenvalue weighted by Crippen LogP contribution is 2.44. The summed E-state index contributed by atoms with van der Waals surface area (Å²) < 4.78 is 0. The average Bonchev–Trinajstić information content (AvgIpc) is 3.05. The number of benzene rings is 3. The number of nitrogens with zero attached hydrogens (tertiary/aromatic N) is 1. The first-order chi connectivity index (χ1) is 15.3. The number of fused-ring (bicyclic) bond motifs is 1. The number of carboxylic acids is 1. The minimum absolute atomic E-state index is 0.160. The van der Waals surface area contributed by atoms with Crippen LogP contribution in [0.3, 0.4) is 0 Å². The number of aromatic carboxylic acids is 1. The van der Waals surface area contributed by atoms with Crippen LogP contribution >= 0.6 is 0 Å². The Labute approximate surface area is 187 Å². The van der Waals surface area contributed by atoms with E-state index in [1.807, 2.05) is 6.07 Å². The molecule has 0 fully saturated rings. The second kappa shape index (κ2) is 8.39. The average molecular weight is 424 g/mol. The summed E-state index contributed by atoms with van der Waals surface area (Å²) in [4.78, 5) is 22.7. The van der Waals surface area contributed by atoms with Crippen LogP contribution in [0.15, 0.2) is 84.1 Å². The van der Waals surface area contributed by atoms with Crippen LogP contribution in [0.5, 0.6) is 0 Å². The molecule has 0 aliphatic heterocycles. The van der Waals surface area contributed by atoms with Crippen LogP contribution in [-0.4, -0.2) is 11.1 Å². The van der Waals surface area contributed by atoms with E-state index < -0.39 is 5.97 Å². The zero-order valence-electron chi connectivity index (χ0n) is 18.4. The van der Waals surface area contributed by atoms with Crippen molar-refractivity contribution in [1.29, 1.82) is 0 Å². The van der Waals surface area contributed by atoms with Gasteiger partial charge in [-0.2, -0.15) is 0 Å². The minimum atomic E-state index is -0.957. The van der Waals surface area contributed by atoms with Gasteiger partial charge in [-0.1, -0.05) is 80.1 Å². The summed E-state index contributed by atoms with van der Waals surface area (Å²) in [7, 11) is 0. The van der Waals surface area contributed by atoms with Crippen molar-refractivity contribution in [3.63, 3.8) is 0 Å². The van der Waals surface area contributed by atoms with E-state index in [-0.39, 0.29) is 11.0 Å². The van der Waals surface area contributed by atoms with Crippen molar-refractivity contribution in [3.8, 4) is 0 Å². The van der Waals surface area contributed by atoms with Gasteiger partial charge in [0.05, 0.1) is 5.56 Å². The molecule has 0 saturated carbocycles. The molecular formula is C28H25NO3. The molecule has 0 heterocycles. The largest absolute Gasteiger partial charge is 0.478 e. The summed E-state index contributed by atoms with van der Waals surface area (Å²) in [6, 6.07) is 21.3. The maximum atomic E-state index is 11.6. The van der Waals surface area contributed by atoms with Gasteiger partial charge in [-0.3, -0.25) is 0 Å². The van der Waals surface area contributed by atoms with Gasteiger partial charge >= 0.3 is 5.97 Å². The molecule has 0 radical (unpaired) electrons. The molecule has 0 aromatic heterocycles. The van der Waals surface area contributed by atoms with E-state index in [4.69, 9.17) is 5.11 Å². The molecule has 0 spiro atoms. The highest BCUT2D eigenvalue weighted by atomic mass is 16.4. The molecule has 1 aliphatic carbocycles. The topological polar surface area (TPSA) is 66.7 Å². The van der Waals surface area contributed by atoms with E-state index in [0.29, 0.717) is 12.1 Å². The summed E-state index contributed by atoms with van der Waals surface area (Å²) in [5, 5.41) is 12.3. The van der Waals surface area contributed by atoms with E-state index in [1.165, 1.54) is 27.8 Å². The fourth-order valence-corrected chi connectivity index (χ4v) is 4.17. The standard InChI is InChI=1S/C28H25NO3/c1-18-4-9-20(10-5-18)24-17-28(2,3)25-16-22(13-14-23(24)25)26(29-32)15-8-19-6-11-21(12-7-19)27(30)31/h4-7,9-17H,8H2,1-3H3,(H,30,31). The first-order valence-electron chi connectivity index (χ1n) is 10.6. The molecule has 0 unspecified atom stereocenters. The van der Waals surface area contributed by atoms with E-state index in [1.54, 1.807) is 30.3 Å². The molecule has 3 aromatic rings. The highest BCUT2D eigenvalue weighted by Gasteiger charge is 2.30. The Morgan fingerprint density at radius 3 is 2.25 bits per heavy atom. The van der Waals surface area contributed by atoms with E-state index in [0.717, 1.165) is 11.1 Å². The predicted octanol–water partition coefficient (Wildman–Crippen LogP) is 6.77. The summed E-state index contributed by atoms with van der Waals surface area (Å²) in [5.41, 5.74) is 8.14. The summed E-state index contributed by atoms with van der Waals surface area (Å²) >= 11 is 0. The Morgan fingerprint density at radius 1 is 0.969 bits per heavy atom. The molecule has 4 heteroatoms. The van der Waals surface area contributed by atoms with Gasteiger partial charge in [0, 0.05) is 11.0 Å². The van der Waals surface area contributed by atoms with Crippen molar-refractivity contribution in [3.05, 3.63) is 123 Å². The molecule has 3 aromatic carbocycles. The fourth-order valence-electron chi connectivity index (χ4n) is 4.17. The van der Waals surface area contributed by atoms with Gasteiger partial charge in [0.15, 0.2) is 0 Å². The lowest BCUT2D eigenvalue weighted by molar-refractivity contribution is 0.0697. The van der Waals surface area contributed by atoms with Gasteiger partial charge in [0.2, 0.25) is 0 Å². The number of carboxylic acid groups (broad SMARTS) is 1. The second-order valence-electron chi connectivity index (χ2n) is 8.79. The zero-order chi connectivity index (χ0) is 22.9. The first-order valence-corrected chi connectivity index (χ1v) is 10.6. The normalized spacial score (nSPS) is 14.6. The van der Waals surface area contributed by atoms with Crippen LogP contribution in [0.1, 0.15) is 57.6 Å². The molecule has 1 aliphatic rings. The van der Waals surface area contributed by atoms with Crippen LogP contribution in [0, 0.1) is 11.8 Å². The third-order valence-corrected chi connectivity index (χ3v) is 6.00. The molecule has 160 valence electrons. The van der Waals surface area contributed by atoms with Gasteiger partial charge in [-0.05, 0) is 64.5 Å². The van der Waals surface area contributed by atoms with Gasteiger partial charge in [-0.25, -0.2) is 4.79 Å². The van der Waals surface area contributed by atoms with Gasteiger partial charge in [-0.15, -0.1) is 4.91 Å². The van der Waals surface area contributed by atoms with Crippen molar-refractivity contribution in [2.75, 3.05) is 0 Å². The Bertz CT molecular complexity index is 1250. The first kappa shape index (κ1) is 21.4. The number of hydrogen-bond acceptors (Lipinski definition) is 3. The van der Waals surface area contributed by atoms with Crippen LogP contribution < -0.4 is 0 Å². The van der Waals surface area contributed by atoms with Crippen molar-refractivity contribution in [2.45, 2.75) is 32.6 Å².